The summed E-state index contributed by atoms with van der Waals surface area (Å²) < 4.78 is 4.79. The van der Waals surface area contributed by atoms with E-state index in [1.807, 2.05) is 27.1 Å². The Balaban J connectivity index is 4.85. The van der Waals surface area contributed by atoms with E-state index in [1.165, 1.54) is 0 Å². The maximum Gasteiger partial charge on any atom is 0.298 e. The molecule has 3 heteroatoms. The highest BCUT2D eigenvalue weighted by Gasteiger charge is 2.08. The highest BCUT2D eigenvalue weighted by molar-refractivity contribution is 5.43. The molecule has 0 rings (SSSR count). The molecule has 0 saturated heterocycles. The van der Waals surface area contributed by atoms with Crippen molar-refractivity contribution >= 4 is 6.47 Å². The van der Waals surface area contributed by atoms with Gasteiger partial charge in [-0.3, -0.25) is 4.79 Å². The molecule has 0 aromatic carbocycles. The monoisotopic (exact) mass is 209 g/mol. The smallest absolute Gasteiger partial charge is 0.298 e. The Morgan fingerprint density at radius 3 is 2.40 bits per heavy atom. The van der Waals surface area contributed by atoms with E-state index in [1.54, 1.807) is 12.2 Å². The number of carbonyl (C=O) groups is 1. The standard InChI is InChI=1S/C12H19NO2/c1-6-11(10(3)13(4)5)8-12(7-2)15-9-14/h6-10H,1H2,2-5H3/b11-8+,12-7+. The van der Waals surface area contributed by atoms with Crippen molar-refractivity contribution in [3.63, 3.8) is 0 Å². The van der Waals surface area contributed by atoms with Crippen LogP contribution in [0.4, 0.5) is 0 Å². The molecular formula is C12H19NO2. The largest absolute Gasteiger partial charge is 0.429 e. The second-order valence-electron chi connectivity index (χ2n) is 3.39. The molecule has 0 heterocycles. The van der Waals surface area contributed by atoms with E-state index in [0.29, 0.717) is 12.2 Å². The zero-order chi connectivity index (χ0) is 11.8. The minimum Gasteiger partial charge on any atom is -0.429 e. The van der Waals surface area contributed by atoms with Crippen LogP contribution in [-0.2, 0) is 9.53 Å². The lowest BCUT2D eigenvalue weighted by atomic mass is 10.1. The Bertz CT molecular complexity index is 277. The molecule has 0 saturated carbocycles. The molecule has 1 atom stereocenters. The van der Waals surface area contributed by atoms with E-state index in [2.05, 4.69) is 18.4 Å². The fourth-order valence-electron chi connectivity index (χ4n) is 1.05. The van der Waals surface area contributed by atoms with E-state index in [9.17, 15) is 4.79 Å². The molecule has 0 spiro atoms. The molecule has 1 unspecified atom stereocenters. The van der Waals surface area contributed by atoms with Gasteiger partial charge in [-0.15, -0.1) is 0 Å². The van der Waals surface area contributed by atoms with Crippen LogP contribution >= 0.6 is 0 Å². The van der Waals surface area contributed by atoms with Gasteiger partial charge in [0.05, 0.1) is 0 Å². The third-order valence-corrected chi connectivity index (χ3v) is 2.27. The van der Waals surface area contributed by atoms with Crippen LogP contribution < -0.4 is 0 Å². The molecule has 0 aromatic heterocycles. The lowest BCUT2D eigenvalue weighted by Crippen LogP contribution is -2.26. The summed E-state index contributed by atoms with van der Waals surface area (Å²) in [7, 11) is 3.97. The first-order valence-electron chi connectivity index (χ1n) is 4.83. The number of nitrogens with zero attached hydrogens (tertiary/aromatic N) is 1. The summed E-state index contributed by atoms with van der Waals surface area (Å²) >= 11 is 0. The summed E-state index contributed by atoms with van der Waals surface area (Å²) in [5.74, 6) is 0.536. The van der Waals surface area contributed by atoms with Crippen molar-refractivity contribution in [2.75, 3.05) is 14.1 Å². The van der Waals surface area contributed by atoms with Crippen molar-refractivity contribution in [2.24, 2.45) is 0 Å². The number of hydrogen-bond acceptors (Lipinski definition) is 3. The summed E-state index contributed by atoms with van der Waals surface area (Å²) in [6.07, 6.45) is 5.31. The molecule has 0 aliphatic heterocycles. The number of likely N-dealkylation sites (N-methyl/N-ethyl adjacent to an activating group) is 1. The molecule has 0 fully saturated rings. The van der Waals surface area contributed by atoms with Gasteiger partial charge in [-0.1, -0.05) is 12.7 Å². The van der Waals surface area contributed by atoms with Crippen molar-refractivity contribution in [3.05, 3.63) is 36.1 Å². The predicted octanol–water partition coefficient (Wildman–Crippen LogP) is 2.13. The van der Waals surface area contributed by atoms with E-state index in [-0.39, 0.29) is 6.04 Å². The molecule has 84 valence electrons. The minimum absolute atomic E-state index is 0.229. The zero-order valence-electron chi connectivity index (χ0n) is 9.86. The van der Waals surface area contributed by atoms with Crippen LogP contribution in [0.3, 0.4) is 0 Å². The van der Waals surface area contributed by atoms with Crippen LogP contribution in [0.25, 0.3) is 0 Å². The topological polar surface area (TPSA) is 29.5 Å². The van der Waals surface area contributed by atoms with Gasteiger partial charge in [0.1, 0.15) is 5.76 Å². The maximum absolute atomic E-state index is 10.2. The number of carbonyl (C=O) groups excluding carboxylic acids is 1. The van der Waals surface area contributed by atoms with Crippen LogP contribution in [0.2, 0.25) is 0 Å². The van der Waals surface area contributed by atoms with Gasteiger partial charge in [0.25, 0.3) is 6.47 Å². The van der Waals surface area contributed by atoms with Gasteiger partial charge in [-0.05, 0) is 45.7 Å². The fourth-order valence-corrected chi connectivity index (χ4v) is 1.05. The maximum atomic E-state index is 10.2. The first kappa shape index (κ1) is 13.7. The highest BCUT2D eigenvalue weighted by atomic mass is 16.5. The summed E-state index contributed by atoms with van der Waals surface area (Å²) in [5, 5.41) is 0. The first-order chi connectivity index (χ1) is 7.06. The number of allylic oxidation sites excluding steroid dienone is 2. The van der Waals surface area contributed by atoms with E-state index >= 15 is 0 Å². The summed E-state index contributed by atoms with van der Waals surface area (Å²) in [5.41, 5.74) is 1.01. The molecule has 0 aliphatic rings. The fraction of sp³-hybridized carbons (Fsp3) is 0.417. The Labute approximate surface area is 91.7 Å². The van der Waals surface area contributed by atoms with Gasteiger partial charge in [-0.25, -0.2) is 0 Å². The van der Waals surface area contributed by atoms with Crippen molar-refractivity contribution in [3.8, 4) is 0 Å². The van der Waals surface area contributed by atoms with Gasteiger partial charge in [0, 0.05) is 6.04 Å². The third kappa shape index (κ3) is 4.61. The Morgan fingerprint density at radius 1 is 1.47 bits per heavy atom. The van der Waals surface area contributed by atoms with Gasteiger partial charge in [0.2, 0.25) is 0 Å². The van der Waals surface area contributed by atoms with E-state index < -0.39 is 0 Å². The van der Waals surface area contributed by atoms with Crippen LogP contribution in [0, 0.1) is 0 Å². The Kier molecular flexibility index (Phi) is 6.38. The molecule has 15 heavy (non-hydrogen) atoms. The highest BCUT2D eigenvalue weighted by Crippen LogP contribution is 2.12. The van der Waals surface area contributed by atoms with Crippen molar-refractivity contribution in [2.45, 2.75) is 19.9 Å². The molecular weight excluding hydrogens is 190 g/mol. The lowest BCUT2D eigenvalue weighted by molar-refractivity contribution is -0.124. The van der Waals surface area contributed by atoms with Crippen molar-refractivity contribution < 1.29 is 9.53 Å². The van der Waals surface area contributed by atoms with Gasteiger partial charge in [-0.2, -0.15) is 0 Å². The van der Waals surface area contributed by atoms with Gasteiger partial charge in [0.15, 0.2) is 0 Å². The Hall–Kier alpha value is -1.35. The molecule has 0 N–H and O–H groups in total. The molecule has 0 amide bonds. The number of hydrogen-bond donors (Lipinski definition) is 0. The first-order valence-corrected chi connectivity index (χ1v) is 4.83. The average molecular weight is 209 g/mol. The number of ether oxygens (including phenoxy) is 1. The Morgan fingerprint density at radius 2 is 2.07 bits per heavy atom. The molecule has 3 nitrogen and oxygen atoms in total. The molecule has 0 radical (unpaired) electrons. The molecule has 0 aliphatic carbocycles. The normalized spacial score (nSPS) is 15.0. The zero-order valence-corrected chi connectivity index (χ0v) is 9.86. The quantitative estimate of drug-likeness (QED) is 0.381. The van der Waals surface area contributed by atoms with Crippen molar-refractivity contribution in [1.82, 2.24) is 4.90 Å². The van der Waals surface area contributed by atoms with Gasteiger partial charge >= 0.3 is 0 Å². The second-order valence-corrected chi connectivity index (χ2v) is 3.39. The van der Waals surface area contributed by atoms with Crippen molar-refractivity contribution in [1.29, 1.82) is 0 Å². The minimum atomic E-state index is 0.229. The molecule has 0 aromatic rings. The second kappa shape index (κ2) is 7.01. The van der Waals surface area contributed by atoms with Crippen LogP contribution in [-0.4, -0.2) is 31.5 Å². The van der Waals surface area contributed by atoms with Gasteiger partial charge < -0.3 is 9.64 Å². The van der Waals surface area contributed by atoms with Crippen LogP contribution in [0.1, 0.15) is 13.8 Å². The van der Waals surface area contributed by atoms with Crippen LogP contribution in [0.15, 0.2) is 36.1 Å². The average Bonchev–Trinajstić information content (AvgIpc) is 2.23. The van der Waals surface area contributed by atoms with Crippen LogP contribution in [0.5, 0.6) is 0 Å². The third-order valence-electron chi connectivity index (χ3n) is 2.27. The van der Waals surface area contributed by atoms with E-state index in [0.717, 1.165) is 5.57 Å². The number of rotatable bonds is 6. The molecule has 0 bridgehead atoms. The van der Waals surface area contributed by atoms with E-state index in [4.69, 9.17) is 4.74 Å². The predicted molar refractivity (Wildman–Crippen MR) is 62.3 cm³/mol. The summed E-state index contributed by atoms with van der Waals surface area (Å²) in [4.78, 5) is 12.3. The summed E-state index contributed by atoms with van der Waals surface area (Å²) in [6.45, 7) is 8.04. The SMILES string of the molecule is C=C/C(=C\C(=C/C)OC=O)C(C)N(C)C. The lowest BCUT2D eigenvalue weighted by Gasteiger charge is -2.21. The summed E-state index contributed by atoms with van der Waals surface area (Å²) in [6, 6.07) is 0.229.